The van der Waals surface area contributed by atoms with Crippen molar-refractivity contribution in [2.75, 3.05) is 11.9 Å². The minimum Gasteiger partial charge on any atom is -0.478 e. The normalized spacial score (nSPS) is 16.6. The van der Waals surface area contributed by atoms with E-state index in [1.54, 1.807) is 6.92 Å². The smallest absolute Gasteiger partial charge is 0.339 e. The first-order valence-corrected chi connectivity index (χ1v) is 8.74. The van der Waals surface area contributed by atoms with Gasteiger partial charge in [-0.05, 0) is 25.8 Å². The van der Waals surface area contributed by atoms with Crippen LogP contribution in [0.25, 0.3) is 0 Å². The molecule has 0 saturated heterocycles. The third kappa shape index (κ3) is 4.36. The van der Waals surface area contributed by atoms with Crippen LogP contribution < -0.4 is 10.6 Å². The van der Waals surface area contributed by atoms with Gasteiger partial charge in [0.1, 0.15) is 5.00 Å². The molecule has 0 spiro atoms. The van der Waals surface area contributed by atoms with Crippen LogP contribution >= 0.6 is 11.3 Å². The Bertz CT molecular complexity index is 693. The zero-order chi connectivity index (χ0) is 18.8. The third-order valence-electron chi connectivity index (χ3n) is 3.98. The van der Waals surface area contributed by atoms with Crippen molar-refractivity contribution in [3.05, 3.63) is 16.0 Å². The van der Waals surface area contributed by atoms with Crippen LogP contribution in [0.5, 0.6) is 0 Å². The highest BCUT2D eigenvalue weighted by Gasteiger charge is 2.34. The van der Waals surface area contributed by atoms with Gasteiger partial charge in [-0.25, -0.2) is 4.79 Å². The maximum absolute atomic E-state index is 12.1. The number of aromatic carboxylic acids is 1. The Morgan fingerprint density at radius 3 is 2.56 bits per heavy atom. The quantitative estimate of drug-likeness (QED) is 0.576. The fraction of sp³-hybridized carbons (Fsp3) is 0.562. The summed E-state index contributed by atoms with van der Waals surface area (Å²) in [6.45, 7) is 5.47. The minimum atomic E-state index is -1.16. The van der Waals surface area contributed by atoms with Crippen LogP contribution in [0.1, 0.15) is 48.0 Å². The summed E-state index contributed by atoms with van der Waals surface area (Å²) in [5.41, 5.74) is 0.143. The van der Waals surface area contributed by atoms with E-state index in [4.69, 9.17) is 9.84 Å². The third-order valence-corrected chi connectivity index (χ3v) is 5.10. The lowest BCUT2D eigenvalue weighted by molar-refractivity contribution is -0.136. The summed E-state index contributed by atoms with van der Waals surface area (Å²) in [7, 11) is 0. The summed E-state index contributed by atoms with van der Waals surface area (Å²) >= 11 is 1.10. The van der Waals surface area contributed by atoms with Crippen molar-refractivity contribution in [3.8, 4) is 0 Å². The molecule has 0 bridgehead atoms. The van der Waals surface area contributed by atoms with Crippen molar-refractivity contribution in [3.63, 3.8) is 0 Å². The van der Waals surface area contributed by atoms with Crippen LogP contribution in [0, 0.1) is 0 Å². The predicted octanol–water partition coefficient (Wildman–Crippen LogP) is 1.12. The maximum atomic E-state index is 12.1. The van der Waals surface area contributed by atoms with Crippen LogP contribution in [-0.4, -0.2) is 46.2 Å². The van der Waals surface area contributed by atoms with Gasteiger partial charge in [-0.2, -0.15) is 0 Å². The number of aliphatic hydroxyl groups excluding tert-OH is 1. The average Bonchev–Trinajstić information content (AvgIpc) is 2.88. The Balaban J connectivity index is 2.23. The Labute approximate surface area is 149 Å². The van der Waals surface area contributed by atoms with Crippen LogP contribution in [0.3, 0.4) is 0 Å². The number of hydrogen-bond donors (Lipinski definition) is 4. The van der Waals surface area contributed by atoms with E-state index in [1.165, 1.54) is 0 Å². The Morgan fingerprint density at radius 1 is 1.32 bits per heavy atom. The van der Waals surface area contributed by atoms with Crippen molar-refractivity contribution in [2.45, 2.75) is 51.9 Å². The van der Waals surface area contributed by atoms with Crippen LogP contribution in [0.2, 0.25) is 0 Å². The van der Waals surface area contributed by atoms with E-state index in [1.807, 2.05) is 13.8 Å². The van der Waals surface area contributed by atoms with Crippen molar-refractivity contribution in [2.24, 2.45) is 0 Å². The number of rotatable bonds is 5. The molecule has 1 atom stereocenters. The van der Waals surface area contributed by atoms with Crippen molar-refractivity contribution in [1.82, 2.24) is 5.32 Å². The van der Waals surface area contributed by atoms with Gasteiger partial charge >= 0.3 is 17.8 Å². The highest BCUT2D eigenvalue weighted by atomic mass is 32.1. The van der Waals surface area contributed by atoms with Gasteiger partial charge in [0, 0.05) is 11.3 Å². The average molecular weight is 370 g/mol. The van der Waals surface area contributed by atoms with E-state index < -0.39 is 29.4 Å². The van der Waals surface area contributed by atoms with Crippen molar-refractivity contribution >= 4 is 34.1 Å². The highest BCUT2D eigenvalue weighted by Crippen LogP contribution is 2.40. The lowest BCUT2D eigenvalue weighted by Gasteiger charge is -2.30. The molecule has 2 heterocycles. The molecule has 0 saturated carbocycles. The number of carboxylic acids is 1. The zero-order valence-corrected chi connectivity index (χ0v) is 15.2. The molecule has 25 heavy (non-hydrogen) atoms. The number of nitrogens with one attached hydrogen (secondary N) is 2. The SMILES string of the molecule is CC[C@@H](CO)NC(=O)C(=O)Nc1sc2c(c1C(=O)O)CC(C)(C)OC2. The van der Waals surface area contributed by atoms with Gasteiger partial charge in [0.05, 0.1) is 30.4 Å². The lowest BCUT2D eigenvalue weighted by atomic mass is 9.93. The van der Waals surface area contributed by atoms with Gasteiger partial charge in [0.25, 0.3) is 0 Å². The van der Waals surface area contributed by atoms with Gasteiger partial charge in [0.2, 0.25) is 0 Å². The van der Waals surface area contributed by atoms with E-state index >= 15 is 0 Å². The number of amides is 2. The molecule has 2 rings (SSSR count). The van der Waals surface area contributed by atoms with E-state index in [9.17, 15) is 19.5 Å². The van der Waals surface area contributed by atoms with Gasteiger partial charge < -0.3 is 25.6 Å². The maximum Gasteiger partial charge on any atom is 0.339 e. The van der Waals surface area contributed by atoms with Gasteiger partial charge in [-0.3, -0.25) is 9.59 Å². The molecule has 4 N–H and O–H groups in total. The lowest BCUT2D eigenvalue weighted by Crippen LogP contribution is -2.43. The van der Waals surface area contributed by atoms with Gasteiger partial charge in [0.15, 0.2) is 0 Å². The molecular weight excluding hydrogens is 348 g/mol. The highest BCUT2D eigenvalue weighted by molar-refractivity contribution is 7.17. The van der Waals surface area contributed by atoms with Crippen LogP contribution in [0.4, 0.5) is 5.00 Å². The Hall–Kier alpha value is -1.97. The first kappa shape index (κ1) is 19.4. The summed E-state index contributed by atoms with van der Waals surface area (Å²) in [5.74, 6) is -3.04. The topological polar surface area (TPSA) is 125 Å². The molecule has 9 heteroatoms. The number of thiophene rings is 1. The number of carbonyl (C=O) groups is 3. The monoisotopic (exact) mass is 370 g/mol. The van der Waals surface area contributed by atoms with Gasteiger partial charge in [-0.15, -0.1) is 11.3 Å². The number of hydrogen-bond acceptors (Lipinski definition) is 6. The molecule has 0 fully saturated rings. The molecule has 1 aromatic rings. The van der Waals surface area contributed by atoms with E-state index in [2.05, 4.69) is 10.6 Å². The Morgan fingerprint density at radius 2 is 2.00 bits per heavy atom. The second kappa shape index (κ2) is 7.51. The summed E-state index contributed by atoms with van der Waals surface area (Å²) in [5, 5.41) is 23.5. The summed E-state index contributed by atoms with van der Waals surface area (Å²) in [6, 6.07) is -0.525. The first-order valence-electron chi connectivity index (χ1n) is 7.93. The molecule has 1 aliphatic heterocycles. The molecule has 0 aromatic carbocycles. The van der Waals surface area contributed by atoms with Gasteiger partial charge in [-0.1, -0.05) is 6.92 Å². The molecule has 2 amide bonds. The predicted molar refractivity (Wildman–Crippen MR) is 91.8 cm³/mol. The van der Waals surface area contributed by atoms with Crippen molar-refractivity contribution in [1.29, 1.82) is 0 Å². The molecule has 138 valence electrons. The van der Waals surface area contributed by atoms with E-state index in [0.717, 1.165) is 16.2 Å². The fourth-order valence-corrected chi connectivity index (χ4v) is 3.67. The van der Waals surface area contributed by atoms with Crippen LogP contribution in [0.15, 0.2) is 0 Å². The first-order chi connectivity index (χ1) is 11.7. The zero-order valence-electron chi connectivity index (χ0n) is 14.3. The molecule has 1 aromatic heterocycles. The Kier molecular flexibility index (Phi) is 5.81. The molecule has 0 radical (unpaired) electrons. The number of ether oxygens (including phenoxy) is 1. The second-order valence-corrected chi connectivity index (χ2v) is 7.56. The number of carbonyl (C=O) groups excluding carboxylic acids is 2. The number of anilines is 1. The molecule has 0 aliphatic carbocycles. The van der Waals surface area contributed by atoms with Crippen molar-refractivity contribution < 1.29 is 29.3 Å². The number of aliphatic hydroxyl groups is 1. The number of carboxylic acid groups (broad SMARTS) is 1. The van der Waals surface area contributed by atoms with E-state index in [0.29, 0.717) is 18.4 Å². The molecule has 0 unspecified atom stereocenters. The largest absolute Gasteiger partial charge is 0.478 e. The second-order valence-electron chi connectivity index (χ2n) is 6.45. The summed E-state index contributed by atoms with van der Waals surface area (Å²) in [4.78, 5) is 36.4. The van der Waals surface area contributed by atoms with E-state index in [-0.39, 0.29) is 23.8 Å². The minimum absolute atomic E-state index is 0.00623. The molecule has 8 nitrogen and oxygen atoms in total. The standard InChI is InChI=1S/C16H22N2O6S/c1-4-8(6-19)17-12(20)13(21)18-14-11(15(22)23)9-5-16(2,3)24-7-10(9)25-14/h8,19H,4-7H2,1-3H3,(H,17,20)(H,18,21)(H,22,23)/t8-/m0/s1. The molecule has 1 aliphatic rings. The number of fused-ring (bicyclic) bond motifs is 1. The fourth-order valence-electron chi connectivity index (χ4n) is 2.56. The molecular formula is C16H22N2O6S. The van der Waals surface area contributed by atoms with Crippen LogP contribution in [-0.2, 0) is 27.4 Å². The summed E-state index contributed by atoms with van der Waals surface area (Å²) < 4.78 is 5.67. The summed E-state index contributed by atoms with van der Waals surface area (Å²) in [6.07, 6.45) is 0.876.